The lowest BCUT2D eigenvalue weighted by Gasteiger charge is -2.28. The number of benzene rings is 1. The third-order valence-corrected chi connectivity index (χ3v) is 4.83. The van der Waals surface area contributed by atoms with E-state index in [9.17, 15) is 5.26 Å². The highest BCUT2D eigenvalue weighted by molar-refractivity contribution is 7.80. The van der Waals surface area contributed by atoms with E-state index in [-0.39, 0.29) is 11.0 Å². The smallest absolute Gasteiger partial charge is 0.121 e. The maximum absolute atomic E-state index is 9.50. The molecule has 0 N–H and O–H groups in total. The molecule has 0 fully saturated rings. The van der Waals surface area contributed by atoms with Gasteiger partial charge in [0.1, 0.15) is 11.8 Å². The number of rotatable bonds is 2. The van der Waals surface area contributed by atoms with Crippen LogP contribution in [0, 0.1) is 11.3 Å². The average Bonchev–Trinajstić information content (AvgIpc) is 2.77. The van der Waals surface area contributed by atoms with Gasteiger partial charge in [0.15, 0.2) is 0 Å². The lowest BCUT2D eigenvalue weighted by atomic mass is 9.86. The largest absolute Gasteiger partial charge is 0.327 e. The summed E-state index contributed by atoms with van der Waals surface area (Å²) in [6, 6.07) is 8.60. The Kier molecular flexibility index (Phi) is 3.88. The summed E-state index contributed by atoms with van der Waals surface area (Å²) in [7, 11) is 0. The van der Waals surface area contributed by atoms with Crippen LogP contribution in [0.4, 0.5) is 0 Å². The third-order valence-electron chi connectivity index (χ3n) is 4.35. The Labute approximate surface area is 133 Å². The molecule has 0 atom stereocenters. The fraction of sp³-hybridized carbons (Fsp3) is 0.500. The number of fused-ring (bicyclic) bond motifs is 1. The molecular formula is C18H24N2S. The Morgan fingerprint density at radius 3 is 2.29 bits per heavy atom. The molecule has 2 rings (SSSR count). The molecule has 1 aromatic heterocycles. The molecular weight excluding hydrogens is 276 g/mol. The number of aromatic nitrogens is 1. The van der Waals surface area contributed by atoms with Crippen molar-refractivity contribution in [3.8, 4) is 6.07 Å². The summed E-state index contributed by atoms with van der Waals surface area (Å²) >= 11 is 4.76. The molecule has 0 unspecified atom stereocenters. The first-order chi connectivity index (χ1) is 9.63. The maximum Gasteiger partial charge on any atom is 0.121 e. The average molecular weight is 300 g/mol. The normalized spacial score (nSPS) is 12.7. The van der Waals surface area contributed by atoms with Crippen molar-refractivity contribution in [2.24, 2.45) is 0 Å². The monoisotopic (exact) mass is 300 g/mol. The second kappa shape index (κ2) is 5.10. The van der Waals surface area contributed by atoms with Crippen molar-refractivity contribution in [2.45, 2.75) is 63.8 Å². The Morgan fingerprint density at radius 1 is 1.19 bits per heavy atom. The summed E-state index contributed by atoms with van der Waals surface area (Å²) in [6.45, 7) is 13.1. The van der Waals surface area contributed by atoms with Crippen LogP contribution in [-0.2, 0) is 11.0 Å². The first-order valence-electron chi connectivity index (χ1n) is 7.42. The lowest BCUT2D eigenvalue weighted by Crippen LogP contribution is -2.26. The molecule has 2 nitrogen and oxygen atoms in total. The van der Waals surface area contributed by atoms with Gasteiger partial charge in [-0.3, -0.25) is 0 Å². The molecule has 0 amide bonds. The van der Waals surface area contributed by atoms with E-state index in [0.29, 0.717) is 5.69 Å². The molecule has 0 bridgehead atoms. The predicted octanol–water partition coefficient (Wildman–Crippen LogP) is 5.24. The fourth-order valence-electron chi connectivity index (χ4n) is 2.76. The standard InChI is InChI=1S/C18H24N2S/c1-7-18(5,6)20-12(11-19)10-13-15(20)9-8-14(16(13)21)17(2,3)4/h8-10,21H,7H2,1-6H3. The second-order valence-corrected chi connectivity index (χ2v) is 7.73. The van der Waals surface area contributed by atoms with Gasteiger partial charge in [-0.15, -0.1) is 12.6 Å². The van der Waals surface area contributed by atoms with Crippen molar-refractivity contribution < 1.29 is 0 Å². The topological polar surface area (TPSA) is 28.7 Å². The Morgan fingerprint density at radius 2 is 1.81 bits per heavy atom. The molecule has 112 valence electrons. The van der Waals surface area contributed by atoms with Crippen LogP contribution in [0.3, 0.4) is 0 Å². The molecule has 0 aliphatic carbocycles. The van der Waals surface area contributed by atoms with Crippen LogP contribution in [0.25, 0.3) is 10.9 Å². The van der Waals surface area contributed by atoms with E-state index in [4.69, 9.17) is 12.6 Å². The maximum atomic E-state index is 9.50. The minimum atomic E-state index is -0.0870. The lowest BCUT2D eigenvalue weighted by molar-refractivity contribution is 0.351. The summed E-state index contributed by atoms with van der Waals surface area (Å²) in [4.78, 5) is 0.988. The van der Waals surface area contributed by atoms with Crippen molar-refractivity contribution >= 4 is 23.5 Å². The number of thiol groups is 1. The molecule has 0 spiro atoms. The van der Waals surface area contributed by atoms with Gasteiger partial charge >= 0.3 is 0 Å². The molecule has 0 saturated carbocycles. The number of nitrogens with zero attached hydrogens (tertiary/aromatic N) is 2. The molecule has 0 saturated heterocycles. The van der Waals surface area contributed by atoms with Gasteiger partial charge in [-0.25, -0.2) is 0 Å². The molecule has 21 heavy (non-hydrogen) atoms. The van der Waals surface area contributed by atoms with Gasteiger partial charge in [0.2, 0.25) is 0 Å². The van der Waals surface area contributed by atoms with Crippen LogP contribution < -0.4 is 0 Å². The zero-order valence-electron chi connectivity index (χ0n) is 13.8. The highest BCUT2D eigenvalue weighted by atomic mass is 32.1. The van der Waals surface area contributed by atoms with E-state index in [1.54, 1.807) is 0 Å². The van der Waals surface area contributed by atoms with E-state index < -0.39 is 0 Å². The zero-order chi connectivity index (χ0) is 16.0. The van der Waals surface area contributed by atoms with Crippen molar-refractivity contribution in [1.29, 1.82) is 5.26 Å². The van der Waals surface area contributed by atoms with Gasteiger partial charge in [-0.05, 0) is 43.4 Å². The van der Waals surface area contributed by atoms with Gasteiger partial charge < -0.3 is 4.57 Å². The van der Waals surface area contributed by atoms with Gasteiger partial charge in [-0.1, -0.05) is 33.8 Å². The van der Waals surface area contributed by atoms with Crippen LogP contribution >= 0.6 is 12.6 Å². The van der Waals surface area contributed by atoms with Crippen LogP contribution in [0.15, 0.2) is 23.1 Å². The summed E-state index contributed by atoms with van der Waals surface area (Å²) in [5.74, 6) is 0. The molecule has 1 aromatic carbocycles. The number of hydrogen-bond donors (Lipinski definition) is 1. The van der Waals surface area contributed by atoms with Gasteiger partial charge in [-0.2, -0.15) is 5.26 Å². The molecule has 0 aliphatic heterocycles. The summed E-state index contributed by atoms with van der Waals surface area (Å²) in [5.41, 5.74) is 2.97. The minimum Gasteiger partial charge on any atom is -0.327 e. The van der Waals surface area contributed by atoms with Gasteiger partial charge in [0.05, 0.1) is 5.52 Å². The summed E-state index contributed by atoms with van der Waals surface area (Å²) < 4.78 is 2.15. The first kappa shape index (κ1) is 16.0. The molecule has 2 aromatic rings. The Bertz CT molecular complexity index is 724. The van der Waals surface area contributed by atoms with E-state index in [2.05, 4.69) is 64.3 Å². The second-order valence-electron chi connectivity index (χ2n) is 7.29. The highest BCUT2D eigenvalue weighted by Crippen LogP contribution is 2.37. The Hall–Kier alpha value is -1.40. The quantitative estimate of drug-likeness (QED) is 0.754. The van der Waals surface area contributed by atoms with Gasteiger partial charge in [0, 0.05) is 15.8 Å². The molecule has 1 heterocycles. The van der Waals surface area contributed by atoms with E-state index in [1.807, 2.05) is 6.07 Å². The van der Waals surface area contributed by atoms with Crippen molar-refractivity contribution in [3.05, 3.63) is 29.5 Å². The van der Waals surface area contributed by atoms with E-state index >= 15 is 0 Å². The van der Waals surface area contributed by atoms with Gasteiger partial charge in [0.25, 0.3) is 0 Å². The third kappa shape index (κ3) is 2.58. The molecule has 0 radical (unpaired) electrons. The van der Waals surface area contributed by atoms with Crippen molar-refractivity contribution in [3.63, 3.8) is 0 Å². The molecule has 3 heteroatoms. The highest BCUT2D eigenvalue weighted by Gasteiger charge is 2.26. The minimum absolute atomic E-state index is 0.0421. The van der Waals surface area contributed by atoms with Crippen LogP contribution in [0.5, 0.6) is 0 Å². The first-order valence-corrected chi connectivity index (χ1v) is 7.86. The molecule has 0 aliphatic rings. The Balaban J connectivity index is 2.86. The number of hydrogen-bond acceptors (Lipinski definition) is 2. The summed E-state index contributed by atoms with van der Waals surface area (Å²) in [6.07, 6.45) is 0.967. The van der Waals surface area contributed by atoms with Crippen molar-refractivity contribution in [2.75, 3.05) is 0 Å². The summed E-state index contributed by atoms with van der Waals surface area (Å²) in [5, 5.41) is 10.6. The van der Waals surface area contributed by atoms with Crippen LogP contribution in [0.2, 0.25) is 0 Å². The fourth-order valence-corrected chi connectivity index (χ4v) is 3.35. The number of nitriles is 1. The van der Waals surface area contributed by atoms with Crippen molar-refractivity contribution in [1.82, 2.24) is 4.57 Å². The zero-order valence-corrected chi connectivity index (χ0v) is 14.7. The van der Waals surface area contributed by atoms with E-state index in [1.165, 1.54) is 5.56 Å². The van der Waals surface area contributed by atoms with Crippen LogP contribution in [0.1, 0.15) is 59.2 Å². The van der Waals surface area contributed by atoms with Crippen LogP contribution in [-0.4, -0.2) is 4.57 Å². The van der Waals surface area contributed by atoms with E-state index in [0.717, 1.165) is 22.2 Å². The SMILES string of the molecule is CCC(C)(C)n1c(C#N)cc2c(S)c(C(C)(C)C)ccc21. The predicted molar refractivity (Wildman–Crippen MR) is 92.2 cm³/mol.